The number of carbonyl (C=O) groups is 2. The number of amides is 2. The lowest BCUT2D eigenvalue weighted by molar-refractivity contribution is 0.0613. The third-order valence-corrected chi connectivity index (χ3v) is 6.40. The lowest BCUT2D eigenvalue weighted by Crippen LogP contribution is -2.44. The van der Waals surface area contributed by atoms with Crippen molar-refractivity contribution in [1.29, 1.82) is 0 Å². The topological polar surface area (TPSA) is 74.3 Å². The van der Waals surface area contributed by atoms with E-state index in [1.54, 1.807) is 30.6 Å². The van der Waals surface area contributed by atoms with Crippen molar-refractivity contribution in [3.63, 3.8) is 0 Å². The number of nitrogens with one attached hydrogen (secondary N) is 2. The van der Waals surface area contributed by atoms with Gasteiger partial charge in [-0.1, -0.05) is 0 Å². The lowest BCUT2D eigenvalue weighted by atomic mass is 9.78. The van der Waals surface area contributed by atoms with Crippen LogP contribution in [0.2, 0.25) is 0 Å². The Labute approximate surface area is 180 Å². The number of piperidine rings is 1. The minimum absolute atomic E-state index is 0. The van der Waals surface area contributed by atoms with Crippen LogP contribution in [0.5, 0.6) is 0 Å². The standard InChI is InChI=1S/C19H22N4O2S.2ClH/c24-17(14-1-7-20-8-2-14)22-15-3-12-26-16(15)18(25)23-10-5-19(6-11-23)4-9-21-13-19;;/h1-3,7-8,12,21H,4-6,9-11,13H2,(H,22,24);2*1H. The summed E-state index contributed by atoms with van der Waals surface area (Å²) in [5.74, 6) is -0.208. The summed E-state index contributed by atoms with van der Waals surface area (Å²) in [6.07, 6.45) is 6.47. The highest BCUT2D eigenvalue weighted by atomic mass is 35.5. The van der Waals surface area contributed by atoms with Crippen molar-refractivity contribution in [3.8, 4) is 0 Å². The lowest BCUT2D eigenvalue weighted by Gasteiger charge is -2.38. The van der Waals surface area contributed by atoms with Crippen molar-refractivity contribution in [2.45, 2.75) is 19.3 Å². The van der Waals surface area contributed by atoms with E-state index < -0.39 is 0 Å². The summed E-state index contributed by atoms with van der Waals surface area (Å²) < 4.78 is 0. The second kappa shape index (κ2) is 9.69. The van der Waals surface area contributed by atoms with Gasteiger partial charge in [0, 0.05) is 37.6 Å². The molecule has 2 fully saturated rings. The maximum absolute atomic E-state index is 13.0. The maximum atomic E-state index is 13.0. The molecule has 1 spiro atoms. The van der Waals surface area contributed by atoms with Crippen LogP contribution in [0, 0.1) is 5.41 Å². The van der Waals surface area contributed by atoms with E-state index in [-0.39, 0.29) is 36.6 Å². The molecule has 152 valence electrons. The smallest absolute Gasteiger partial charge is 0.266 e. The summed E-state index contributed by atoms with van der Waals surface area (Å²) >= 11 is 1.38. The molecule has 2 aliphatic heterocycles. The first-order valence-corrected chi connectivity index (χ1v) is 9.84. The Bertz CT molecular complexity index is 799. The average molecular weight is 443 g/mol. The number of carbonyl (C=O) groups excluding carboxylic acids is 2. The first kappa shape index (κ1) is 22.6. The summed E-state index contributed by atoms with van der Waals surface area (Å²) in [5, 5.41) is 8.16. The molecule has 0 unspecified atom stereocenters. The third-order valence-electron chi connectivity index (χ3n) is 5.49. The summed E-state index contributed by atoms with van der Waals surface area (Å²) in [5.41, 5.74) is 1.49. The van der Waals surface area contributed by atoms with Gasteiger partial charge in [0.25, 0.3) is 11.8 Å². The van der Waals surface area contributed by atoms with Gasteiger partial charge in [0.1, 0.15) is 4.88 Å². The number of rotatable bonds is 3. The molecule has 28 heavy (non-hydrogen) atoms. The van der Waals surface area contributed by atoms with Gasteiger partial charge in [-0.15, -0.1) is 36.2 Å². The first-order valence-electron chi connectivity index (χ1n) is 8.96. The summed E-state index contributed by atoms with van der Waals surface area (Å²) in [4.78, 5) is 31.8. The van der Waals surface area contributed by atoms with Gasteiger partial charge >= 0.3 is 0 Å². The largest absolute Gasteiger partial charge is 0.338 e. The molecule has 2 amide bonds. The molecule has 2 aliphatic rings. The Kier molecular flexibility index (Phi) is 7.83. The molecule has 2 saturated heterocycles. The minimum Gasteiger partial charge on any atom is -0.338 e. The van der Waals surface area contributed by atoms with E-state index in [2.05, 4.69) is 15.6 Å². The van der Waals surface area contributed by atoms with E-state index in [1.807, 2.05) is 10.3 Å². The second-order valence-corrected chi connectivity index (χ2v) is 7.99. The fraction of sp³-hybridized carbons (Fsp3) is 0.421. The highest BCUT2D eigenvalue weighted by Crippen LogP contribution is 2.37. The van der Waals surface area contributed by atoms with E-state index in [4.69, 9.17) is 0 Å². The van der Waals surface area contributed by atoms with Crippen LogP contribution in [0.3, 0.4) is 0 Å². The number of thiophene rings is 1. The van der Waals surface area contributed by atoms with Gasteiger partial charge in [-0.05, 0) is 54.8 Å². The molecule has 9 heteroatoms. The quantitative estimate of drug-likeness (QED) is 0.762. The Morgan fingerprint density at radius 1 is 1.11 bits per heavy atom. The van der Waals surface area contributed by atoms with Gasteiger partial charge in [0.2, 0.25) is 0 Å². The number of nitrogens with zero attached hydrogens (tertiary/aromatic N) is 2. The molecule has 4 rings (SSSR count). The monoisotopic (exact) mass is 442 g/mol. The van der Waals surface area contributed by atoms with Crippen LogP contribution in [0.15, 0.2) is 36.0 Å². The van der Waals surface area contributed by atoms with Gasteiger partial charge in [0.05, 0.1) is 5.69 Å². The molecule has 0 aromatic carbocycles. The molecule has 2 N–H and O–H groups in total. The molecule has 2 aromatic heterocycles. The number of pyridine rings is 1. The average Bonchev–Trinajstić information content (AvgIpc) is 3.32. The van der Waals surface area contributed by atoms with Gasteiger partial charge in [-0.25, -0.2) is 0 Å². The van der Waals surface area contributed by atoms with Crippen molar-refractivity contribution in [2.75, 3.05) is 31.5 Å². The molecule has 0 bridgehead atoms. The van der Waals surface area contributed by atoms with E-state index in [1.165, 1.54) is 17.8 Å². The molecule has 4 heterocycles. The van der Waals surface area contributed by atoms with Crippen LogP contribution in [-0.2, 0) is 0 Å². The number of likely N-dealkylation sites (tertiary alicyclic amines) is 1. The van der Waals surface area contributed by atoms with Gasteiger partial charge < -0.3 is 15.5 Å². The number of halogens is 2. The molecule has 0 atom stereocenters. The number of anilines is 1. The van der Waals surface area contributed by atoms with Crippen molar-refractivity contribution >= 4 is 53.7 Å². The highest BCUT2D eigenvalue weighted by molar-refractivity contribution is 7.12. The zero-order valence-electron chi connectivity index (χ0n) is 15.3. The first-order chi connectivity index (χ1) is 12.7. The zero-order valence-corrected chi connectivity index (χ0v) is 17.8. The Morgan fingerprint density at radius 2 is 1.82 bits per heavy atom. The van der Waals surface area contributed by atoms with Gasteiger partial charge in [0.15, 0.2) is 0 Å². The van der Waals surface area contributed by atoms with Crippen LogP contribution in [0.1, 0.15) is 39.3 Å². The van der Waals surface area contributed by atoms with Crippen LogP contribution < -0.4 is 10.6 Å². The van der Waals surface area contributed by atoms with Crippen molar-refractivity contribution < 1.29 is 9.59 Å². The summed E-state index contributed by atoms with van der Waals surface area (Å²) in [7, 11) is 0. The van der Waals surface area contributed by atoms with Crippen LogP contribution >= 0.6 is 36.2 Å². The summed E-state index contributed by atoms with van der Waals surface area (Å²) in [6.45, 7) is 3.73. The maximum Gasteiger partial charge on any atom is 0.266 e. The third kappa shape index (κ3) is 4.66. The Balaban J connectivity index is 0.00000140. The van der Waals surface area contributed by atoms with Crippen molar-refractivity contribution in [3.05, 3.63) is 46.4 Å². The summed E-state index contributed by atoms with van der Waals surface area (Å²) in [6, 6.07) is 5.11. The van der Waals surface area contributed by atoms with Crippen molar-refractivity contribution in [2.24, 2.45) is 5.41 Å². The van der Waals surface area contributed by atoms with E-state index in [0.29, 0.717) is 21.5 Å². The predicted octanol–water partition coefficient (Wildman–Crippen LogP) is 3.45. The van der Waals surface area contributed by atoms with Crippen LogP contribution in [-0.4, -0.2) is 47.9 Å². The Hall–Kier alpha value is -1.67. The van der Waals surface area contributed by atoms with Crippen molar-refractivity contribution in [1.82, 2.24) is 15.2 Å². The Morgan fingerprint density at radius 3 is 2.46 bits per heavy atom. The number of hydrogen-bond acceptors (Lipinski definition) is 5. The SMILES string of the molecule is Cl.Cl.O=C(Nc1ccsc1C(=O)N1CCC2(CCNC2)CC1)c1ccncc1. The fourth-order valence-electron chi connectivity index (χ4n) is 3.82. The van der Waals surface area contributed by atoms with Crippen LogP contribution in [0.25, 0.3) is 0 Å². The highest BCUT2D eigenvalue weighted by Gasteiger charge is 2.38. The molecular weight excluding hydrogens is 419 g/mol. The van der Waals surface area contributed by atoms with Gasteiger partial charge in [-0.3, -0.25) is 14.6 Å². The normalized spacial score (nSPS) is 17.5. The van der Waals surface area contributed by atoms with Gasteiger partial charge in [-0.2, -0.15) is 0 Å². The number of aromatic nitrogens is 1. The molecule has 6 nitrogen and oxygen atoms in total. The molecule has 0 radical (unpaired) electrons. The molecule has 0 aliphatic carbocycles. The fourth-order valence-corrected chi connectivity index (χ4v) is 4.64. The van der Waals surface area contributed by atoms with Crippen LogP contribution in [0.4, 0.5) is 5.69 Å². The van der Waals surface area contributed by atoms with E-state index in [0.717, 1.165) is 39.0 Å². The molecular formula is C19H24Cl2N4O2S. The van der Waals surface area contributed by atoms with E-state index in [9.17, 15) is 9.59 Å². The number of hydrogen-bond donors (Lipinski definition) is 2. The molecule has 0 saturated carbocycles. The molecule has 2 aromatic rings. The second-order valence-electron chi connectivity index (χ2n) is 7.07. The minimum atomic E-state index is -0.227. The predicted molar refractivity (Wildman–Crippen MR) is 116 cm³/mol. The zero-order chi connectivity index (χ0) is 18.0. The van der Waals surface area contributed by atoms with E-state index >= 15 is 0 Å².